The van der Waals surface area contributed by atoms with Gasteiger partial charge in [-0.05, 0) is 18.2 Å². The van der Waals surface area contributed by atoms with E-state index in [2.05, 4.69) is 37.8 Å². The van der Waals surface area contributed by atoms with E-state index in [1.54, 1.807) is 35.2 Å². The zero-order valence-electron chi connectivity index (χ0n) is 17.7. The second-order valence-electron chi connectivity index (χ2n) is 7.55. The number of alkyl halides is 1. The molecule has 3 N–H and O–H groups in total. The Bertz CT molecular complexity index is 1520. The molecule has 0 fully saturated rings. The predicted molar refractivity (Wildman–Crippen MR) is 140 cm³/mol. The van der Waals surface area contributed by atoms with Crippen molar-refractivity contribution in [3.05, 3.63) is 98.9 Å². The summed E-state index contributed by atoms with van der Waals surface area (Å²) < 4.78 is -0.421. The maximum atomic E-state index is 12.2. The van der Waals surface area contributed by atoms with Crippen molar-refractivity contribution < 1.29 is 9.72 Å². The minimum absolute atomic E-state index is 0.0898. The Balaban J connectivity index is 1.77. The fourth-order valence-corrected chi connectivity index (χ4v) is 5.04. The summed E-state index contributed by atoms with van der Waals surface area (Å²) >= 11 is 8.40. The fraction of sp³-hybridized carbons (Fsp3) is 0.0435. The van der Waals surface area contributed by atoms with E-state index >= 15 is 0 Å². The van der Waals surface area contributed by atoms with E-state index < -0.39 is 14.9 Å². The van der Waals surface area contributed by atoms with Crippen LogP contribution in [0.5, 0.6) is 0 Å². The van der Waals surface area contributed by atoms with Gasteiger partial charge in [-0.15, -0.1) is 0 Å². The number of non-ortho nitro benzene ring substituents is 1. The number of amides is 1. The molecule has 0 saturated heterocycles. The van der Waals surface area contributed by atoms with Gasteiger partial charge < -0.3 is 10.6 Å². The van der Waals surface area contributed by atoms with E-state index in [0.29, 0.717) is 39.2 Å². The van der Waals surface area contributed by atoms with Crippen LogP contribution in [-0.4, -0.2) is 31.8 Å². The number of anilines is 1. The van der Waals surface area contributed by atoms with Gasteiger partial charge in [-0.1, -0.05) is 58.5 Å². The SMILES string of the molecule is NC(=O)c1cnccc1N1C(c2cccc([N+](=O)[O-])c2)=Nc2c(-c3cccc(Cl)c3)n[nH]c2C1I. The number of fused-ring (bicyclic) bond motifs is 1. The van der Waals surface area contributed by atoms with Crippen molar-refractivity contribution in [1.82, 2.24) is 15.2 Å². The highest BCUT2D eigenvalue weighted by Crippen LogP contribution is 2.46. The van der Waals surface area contributed by atoms with Crippen LogP contribution >= 0.6 is 34.2 Å². The Morgan fingerprint density at radius 2 is 1.94 bits per heavy atom. The van der Waals surface area contributed by atoms with Gasteiger partial charge in [0.25, 0.3) is 11.6 Å². The van der Waals surface area contributed by atoms with Crippen LogP contribution in [0.15, 0.2) is 72.0 Å². The van der Waals surface area contributed by atoms with Gasteiger partial charge in [-0.3, -0.25) is 25.0 Å². The highest BCUT2D eigenvalue weighted by Gasteiger charge is 2.36. The molecule has 35 heavy (non-hydrogen) atoms. The highest BCUT2D eigenvalue weighted by molar-refractivity contribution is 14.1. The zero-order valence-corrected chi connectivity index (χ0v) is 20.6. The Morgan fingerprint density at radius 1 is 1.17 bits per heavy atom. The molecular weight excluding hydrogens is 585 g/mol. The maximum Gasteiger partial charge on any atom is 0.270 e. The van der Waals surface area contributed by atoms with Crippen molar-refractivity contribution in [2.75, 3.05) is 4.90 Å². The number of pyridine rings is 1. The normalized spacial score (nSPS) is 14.9. The number of carbonyl (C=O) groups excluding carboxylic acids is 1. The van der Waals surface area contributed by atoms with E-state index in [1.807, 2.05) is 12.1 Å². The molecule has 1 aliphatic rings. The number of nitrogens with zero attached hydrogens (tertiary/aromatic N) is 5. The second kappa shape index (κ2) is 9.07. The van der Waals surface area contributed by atoms with Crippen LogP contribution in [0.4, 0.5) is 17.1 Å². The van der Waals surface area contributed by atoms with Gasteiger partial charge in [0.05, 0.1) is 21.9 Å². The largest absolute Gasteiger partial charge is 0.365 e. The van der Waals surface area contributed by atoms with E-state index in [9.17, 15) is 14.9 Å². The molecule has 0 aliphatic carbocycles. The molecule has 1 amide bonds. The molecule has 1 atom stereocenters. The lowest BCUT2D eigenvalue weighted by Crippen LogP contribution is -2.37. The standard InChI is InChI=1S/C23H15ClIN7O3/c24-14-5-1-3-12(9-14)18-19-20(30-29-18)21(25)31(17-7-8-27-11-16(17)22(26)33)23(28-19)13-4-2-6-15(10-13)32(34)35/h1-11,21H,(H2,26,33)(H,29,30). The summed E-state index contributed by atoms with van der Waals surface area (Å²) in [5.74, 6) is -0.274. The number of nitro groups is 1. The molecule has 1 unspecified atom stereocenters. The lowest BCUT2D eigenvalue weighted by Gasteiger charge is -2.34. The summed E-state index contributed by atoms with van der Waals surface area (Å²) in [6, 6.07) is 15.0. The fourth-order valence-electron chi connectivity index (χ4n) is 3.85. The van der Waals surface area contributed by atoms with Crippen LogP contribution in [0.25, 0.3) is 11.3 Å². The lowest BCUT2D eigenvalue weighted by molar-refractivity contribution is -0.384. The number of primary amides is 1. The molecule has 10 nitrogen and oxygen atoms in total. The smallest absolute Gasteiger partial charge is 0.270 e. The van der Waals surface area contributed by atoms with Gasteiger partial charge in [0.2, 0.25) is 0 Å². The van der Waals surface area contributed by atoms with E-state index in [1.165, 1.54) is 24.5 Å². The van der Waals surface area contributed by atoms with Gasteiger partial charge >= 0.3 is 0 Å². The average molecular weight is 600 g/mol. The predicted octanol–water partition coefficient (Wildman–Crippen LogP) is 5.16. The molecule has 0 bridgehead atoms. The number of benzene rings is 2. The summed E-state index contributed by atoms with van der Waals surface area (Å²) in [4.78, 5) is 33.9. The van der Waals surface area contributed by atoms with E-state index in [-0.39, 0.29) is 11.3 Å². The van der Waals surface area contributed by atoms with Crippen molar-refractivity contribution in [2.24, 2.45) is 10.7 Å². The maximum absolute atomic E-state index is 12.2. The first-order valence-corrected chi connectivity index (χ1v) is 11.8. The molecule has 4 aromatic rings. The summed E-state index contributed by atoms with van der Waals surface area (Å²) in [7, 11) is 0. The molecule has 12 heteroatoms. The van der Waals surface area contributed by atoms with Gasteiger partial charge in [0.15, 0.2) is 0 Å². The number of aromatic nitrogens is 3. The molecule has 1 aliphatic heterocycles. The number of rotatable bonds is 5. The summed E-state index contributed by atoms with van der Waals surface area (Å²) in [6.45, 7) is 0. The third kappa shape index (κ3) is 4.12. The molecule has 5 rings (SSSR count). The summed E-state index contributed by atoms with van der Waals surface area (Å²) in [5.41, 5.74) is 9.26. The minimum atomic E-state index is -0.662. The Morgan fingerprint density at radius 3 is 2.69 bits per heavy atom. The number of halogens is 2. The van der Waals surface area contributed by atoms with Crippen LogP contribution < -0.4 is 10.6 Å². The molecule has 174 valence electrons. The van der Waals surface area contributed by atoms with Crippen LogP contribution in [0.1, 0.15) is 25.7 Å². The average Bonchev–Trinajstić information content (AvgIpc) is 3.28. The van der Waals surface area contributed by atoms with Crippen molar-refractivity contribution in [2.45, 2.75) is 4.05 Å². The van der Waals surface area contributed by atoms with Crippen molar-refractivity contribution >= 4 is 63.0 Å². The number of nitrogens with two attached hydrogens (primary N) is 1. The first kappa shape index (κ1) is 22.9. The van der Waals surface area contributed by atoms with Crippen molar-refractivity contribution in [3.63, 3.8) is 0 Å². The van der Waals surface area contributed by atoms with Crippen molar-refractivity contribution in [3.8, 4) is 11.3 Å². The quantitative estimate of drug-likeness (QED) is 0.107. The summed E-state index contributed by atoms with van der Waals surface area (Å²) in [5, 5.41) is 19.6. The number of carbonyl (C=O) groups is 1. The van der Waals surface area contributed by atoms with E-state index in [4.69, 9.17) is 22.3 Å². The topological polar surface area (TPSA) is 143 Å². The Kier molecular flexibility index (Phi) is 5.94. The second-order valence-corrected chi connectivity index (χ2v) is 9.17. The molecule has 2 aromatic carbocycles. The lowest BCUT2D eigenvalue weighted by atomic mass is 10.1. The molecule has 3 heterocycles. The van der Waals surface area contributed by atoms with Gasteiger partial charge in [-0.25, -0.2) is 4.99 Å². The van der Waals surface area contributed by atoms with Crippen LogP contribution in [0.3, 0.4) is 0 Å². The van der Waals surface area contributed by atoms with Crippen LogP contribution in [0, 0.1) is 10.1 Å². The van der Waals surface area contributed by atoms with E-state index in [0.717, 1.165) is 5.56 Å². The van der Waals surface area contributed by atoms with Gasteiger partial charge in [0, 0.05) is 40.7 Å². The first-order chi connectivity index (χ1) is 16.8. The first-order valence-electron chi connectivity index (χ1n) is 10.2. The number of aromatic amines is 1. The summed E-state index contributed by atoms with van der Waals surface area (Å²) in [6.07, 6.45) is 2.92. The van der Waals surface area contributed by atoms with Gasteiger partial charge in [0.1, 0.15) is 21.3 Å². The number of nitro benzene ring substituents is 1. The third-order valence-corrected chi connectivity index (χ3v) is 6.83. The molecule has 0 spiro atoms. The minimum Gasteiger partial charge on any atom is -0.365 e. The number of aliphatic imine (C=N–C) groups is 1. The molecule has 0 saturated carbocycles. The number of nitrogens with one attached hydrogen (secondary N) is 1. The van der Waals surface area contributed by atoms with Crippen molar-refractivity contribution in [1.29, 1.82) is 0 Å². The highest BCUT2D eigenvalue weighted by atomic mass is 127. The number of hydrogen-bond donors (Lipinski definition) is 2. The zero-order chi connectivity index (χ0) is 24.7. The molecular formula is C23H15ClIN7O3. The monoisotopic (exact) mass is 599 g/mol. The number of amidine groups is 1. The Hall–Kier alpha value is -3.84. The number of hydrogen-bond acceptors (Lipinski definition) is 7. The molecule has 2 aromatic heterocycles. The van der Waals surface area contributed by atoms with Gasteiger partial charge in [-0.2, -0.15) is 5.10 Å². The number of H-pyrrole nitrogens is 1. The third-order valence-electron chi connectivity index (χ3n) is 5.41. The molecule has 0 radical (unpaired) electrons. The Labute approximate surface area is 217 Å². The van der Waals surface area contributed by atoms with Crippen LogP contribution in [0.2, 0.25) is 5.02 Å². The van der Waals surface area contributed by atoms with Crippen LogP contribution in [-0.2, 0) is 0 Å².